The molecule has 0 spiro atoms. The van der Waals surface area contributed by atoms with E-state index in [1.54, 1.807) is 12.1 Å². The lowest BCUT2D eigenvalue weighted by Crippen LogP contribution is -2.32. The van der Waals surface area contributed by atoms with Gasteiger partial charge in [0.05, 0.1) is 11.6 Å². The van der Waals surface area contributed by atoms with E-state index in [-0.39, 0.29) is 29.7 Å². The van der Waals surface area contributed by atoms with Gasteiger partial charge in [0.2, 0.25) is 11.8 Å². The monoisotopic (exact) mass is 352 g/mol. The highest BCUT2D eigenvalue weighted by Crippen LogP contribution is 2.19. The van der Waals surface area contributed by atoms with Crippen LogP contribution in [0.4, 0.5) is 14.5 Å². The summed E-state index contributed by atoms with van der Waals surface area (Å²) >= 11 is 5.61. The predicted molar refractivity (Wildman–Crippen MR) is 87.8 cm³/mol. The summed E-state index contributed by atoms with van der Waals surface area (Å²) in [7, 11) is 0. The Bertz CT molecular complexity index is 753. The Balaban J connectivity index is 1.74. The smallest absolute Gasteiger partial charge is 0.243 e. The van der Waals surface area contributed by atoms with Crippen molar-refractivity contribution < 1.29 is 18.4 Å². The third-order valence-corrected chi connectivity index (χ3v) is 3.47. The largest absolute Gasteiger partial charge is 0.347 e. The van der Waals surface area contributed by atoms with Crippen LogP contribution in [-0.2, 0) is 16.0 Å². The van der Waals surface area contributed by atoms with Crippen molar-refractivity contribution in [3.05, 3.63) is 64.7 Å². The van der Waals surface area contributed by atoms with Crippen LogP contribution in [0.2, 0.25) is 5.02 Å². The third kappa shape index (κ3) is 5.62. The molecule has 0 atom stereocenters. The number of carbonyl (C=O) groups excluding carboxylic acids is 2. The number of hydrogen-bond acceptors (Lipinski definition) is 2. The van der Waals surface area contributed by atoms with Crippen molar-refractivity contribution in [2.24, 2.45) is 0 Å². The lowest BCUT2D eigenvalue weighted by atomic mass is 10.1. The number of anilines is 1. The van der Waals surface area contributed by atoms with Gasteiger partial charge in [-0.05, 0) is 42.3 Å². The van der Waals surface area contributed by atoms with Crippen molar-refractivity contribution in [1.82, 2.24) is 5.32 Å². The number of benzene rings is 2. The fraction of sp³-hybridized carbons (Fsp3) is 0.176. The molecule has 0 aromatic heterocycles. The average Bonchev–Trinajstić information content (AvgIpc) is 2.54. The number of halogens is 3. The number of hydrogen-bond donors (Lipinski definition) is 2. The minimum atomic E-state index is -0.583. The molecule has 126 valence electrons. The Morgan fingerprint density at radius 3 is 2.54 bits per heavy atom. The number of carbonyl (C=O) groups is 2. The van der Waals surface area contributed by atoms with Crippen molar-refractivity contribution in [3.8, 4) is 0 Å². The standard InChI is InChI=1S/C17H15ClF2N2O2/c18-14-9-13(5-6-15(14)20)22-17(24)10-21-16(23)7-4-11-2-1-3-12(19)8-11/h1-3,5-6,8-9H,4,7,10H2,(H,21,23)(H,22,24). The van der Waals surface area contributed by atoms with Crippen LogP contribution in [0.15, 0.2) is 42.5 Å². The molecule has 2 aromatic carbocycles. The molecule has 0 aliphatic carbocycles. The van der Waals surface area contributed by atoms with Gasteiger partial charge in [0, 0.05) is 12.1 Å². The maximum atomic E-state index is 13.0. The summed E-state index contributed by atoms with van der Waals surface area (Å²) < 4.78 is 26.0. The number of rotatable bonds is 6. The van der Waals surface area contributed by atoms with Crippen LogP contribution in [-0.4, -0.2) is 18.4 Å². The lowest BCUT2D eigenvalue weighted by molar-refractivity contribution is -0.124. The summed E-state index contributed by atoms with van der Waals surface area (Å²) in [6.07, 6.45) is 0.512. The summed E-state index contributed by atoms with van der Waals surface area (Å²) in [4.78, 5) is 23.4. The molecular formula is C17H15ClF2N2O2. The molecule has 0 bridgehead atoms. The first-order valence-electron chi connectivity index (χ1n) is 7.20. The molecule has 0 fully saturated rings. The van der Waals surface area contributed by atoms with Gasteiger partial charge < -0.3 is 10.6 Å². The van der Waals surface area contributed by atoms with Crippen molar-refractivity contribution >= 4 is 29.1 Å². The molecule has 0 radical (unpaired) electrons. The number of aryl methyl sites for hydroxylation is 1. The molecule has 0 aliphatic rings. The Labute approximate surface area is 142 Å². The van der Waals surface area contributed by atoms with Crippen LogP contribution in [0, 0.1) is 11.6 Å². The molecule has 2 aromatic rings. The Morgan fingerprint density at radius 1 is 1.04 bits per heavy atom. The summed E-state index contributed by atoms with van der Waals surface area (Å²) in [5.41, 5.74) is 1.04. The Kier molecular flexibility index (Phi) is 6.26. The highest BCUT2D eigenvalue weighted by atomic mass is 35.5. The summed E-state index contributed by atoms with van der Waals surface area (Å²) in [6.45, 7) is -0.225. The van der Waals surface area contributed by atoms with Crippen molar-refractivity contribution in [3.63, 3.8) is 0 Å². The SMILES string of the molecule is O=C(CCc1cccc(F)c1)NCC(=O)Nc1ccc(F)c(Cl)c1. The second kappa shape index (κ2) is 8.40. The highest BCUT2D eigenvalue weighted by molar-refractivity contribution is 6.31. The second-order valence-corrected chi connectivity index (χ2v) is 5.49. The number of amides is 2. The predicted octanol–water partition coefficient (Wildman–Crippen LogP) is 3.31. The molecule has 0 aliphatic heterocycles. The molecule has 24 heavy (non-hydrogen) atoms. The van der Waals surface area contributed by atoms with Crippen molar-refractivity contribution in [2.45, 2.75) is 12.8 Å². The topological polar surface area (TPSA) is 58.2 Å². The van der Waals surface area contributed by atoms with E-state index in [1.807, 2.05) is 0 Å². The van der Waals surface area contributed by atoms with Gasteiger partial charge in [0.1, 0.15) is 11.6 Å². The van der Waals surface area contributed by atoms with E-state index in [4.69, 9.17) is 11.6 Å². The normalized spacial score (nSPS) is 10.3. The highest BCUT2D eigenvalue weighted by Gasteiger charge is 2.08. The van der Waals surface area contributed by atoms with Crippen molar-refractivity contribution in [2.75, 3.05) is 11.9 Å². The molecular weight excluding hydrogens is 338 g/mol. The van der Waals surface area contributed by atoms with E-state index < -0.39 is 11.7 Å². The average molecular weight is 353 g/mol. The lowest BCUT2D eigenvalue weighted by Gasteiger charge is -2.08. The third-order valence-electron chi connectivity index (χ3n) is 3.18. The van der Waals surface area contributed by atoms with Gasteiger partial charge in [-0.15, -0.1) is 0 Å². The quantitative estimate of drug-likeness (QED) is 0.838. The van der Waals surface area contributed by atoms with Gasteiger partial charge in [-0.2, -0.15) is 0 Å². The maximum Gasteiger partial charge on any atom is 0.243 e. The Hall–Kier alpha value is -2.47. The summed E-state index contributed by atoms with van der Waals surface area (Å²) in [6, 6.07) is 9.76. The molecule has 4 nitrogen and oxygen atoms in total. The molecule has 0 saturated carbocycles. The van der Waals surface area contributed by atoms with Crippen LogP contribution < -0.4 is 10.6 Å². The zero-order valence-electron chi connectivity index (χ0n) is 12.6. The van der Waals surface area contributed by atoms with Crippen LogP contribution in [0.3, 0.4) is 0 Å². The van der Waals surface area contributed by atoms with Crippen LogP contribution in [0.1, 0.15) is 12.0 Å². The summed E-state index contributed by atoms with van der Waals surface area (Å²) in [5.74, 6) is -1.73. The van der Waals surface area contributed by atoms with E-state index in [2.05, 4.69) is 10.6 Å². The van der Waals surface area contributed by atoms with Crippen LogP contribution in [0.5, 0.6) is 0 Å². The van der Waals surface area contributed by atoms with Crippen LogP contribution in [0.25, 0.3) is 0 Å². The minimum Gasteiger partial charge on any atom is -0.347 e. The fourth-order valence-corrected chi connectivity index (χ4v) is 2.18. The first kappa shape index (κ1) is 17.9. The minimum absolute atomic E-state index is 0.105. The van der Waals surface area contributed by atoms with E-state index in [0.29, 0.717) is 17.7 Å². The Morgan fingerprint density at radius 2 is 1.83 bits per heavy atom. The zero-order chi connectivity index (χ0) is 17.5. The van der Waals surface area contributed by atoms with Gasteiger partial charge in [0.25, 0.3) is 0 Å². The second-order valence-electron chi connectivity index (χ2n) is 5.08. The summed E-state index contributed by atoms with van der Waals surface area (Å²) in [5, 5.41) is 4.85. The molecule has 0 heterocycles. The van der Waals surface area contributed by atoms with E-state index in [9.17, 15) is 18.4 Å². The van der Waals surface area contributed by atoms with Gasteiger partial charge in [0.15, 0.2) is 0 Å². The molecule has 0 unspecified atom stereocenters. The molecule has 2 amide bonds. The first-order chi connectivity index (χ1) is 11.4. The molecule has 2 rings (SSSR count). The first-order valence-corrected chi connectivity index (χ1v) is 7.58. The van der Waals surface area contributed by atoms with Crippen molar-refractivity contribution in [1.29, 1.82) is 0 Å². The van der Waals surface area contributed by atoms with Gasteiger partial charge in [-0.25, -0.2) is 8.78 Å². The maximum absolute atomic E-state index is 13.0. The van der Waals surface area contributed by atoms with Crippen LogP contribution >= 0.6 is 11.6 Å². The fourth-order valence-electron chi connectivity index (χ4n) is 2.00. The number of nitrogens with one attached hydrogen (secondary N) is 2. The van der Waals surface area contributed by atoms with E-state index in [1.165, 1.54) is 24.3 Å². The van der Waals surface area contributed by atoms with Gasteiger partial charge in [-0.1, -0.05) is 23.7 Å². The molecule has 7 heteroatoms. The van der Waals surface area contributed by atoms with Gasteiger partial charge >= 0.3 is 0 Å². The van der Waals surface area contributed by atoms with Gasteiger partial charge in [-0.3, -0.25) is 9.59 Å². The molecule has 0 saturated heterocycles. The van der Waals surface area contributed by atoms with E-state index >= 15 is 0 Å². The zero-order valence-corrected chi connectivity index (χ0v) is 13.4. The van der Waals surface area contributed by atoms with E-state index in [0.717, 1.165) is 6.07 Å². The molecule has 2 N–H and O–H groups in total.